The SMILES string of the molecule is COc1ccc(OC)c([C@H](C)NC(=O)CCNC(=O)c2ccccc2Cl)c1. The highest BCUT2D eigenvalue weighted by Gasteiger charge is 2.16. The molecule has 0 aliphatic carbocycles. The van der Waals surface area contributed by atoms with Crippen molar-refractivity contribution in [3.8, 4) is 11.5 Å². The molecule has 0 aliphatic heterocycles. The van der Waals surface area contributed by atoms with Gasteiger partial charge in [0.2, 0.25) is 5.91 Å². The highest BCUT2D eigenvalue weighted by molar-refractivity contribution is 6.33. The predicted octanol–water partition coefficient (Wildman–Crippen LogP) is 3.35. The van der Waals surface area contributed by atoms with Gasteiger partial charge in [-0.3, -0.25) is 9.59 Å². The summed E-state index contributed by atoms with van der Waals surface area (Å²) < 4.78 is 10.6. The van der Waals surface area contributed by atoms with Crippen LogP contribution in [-0.4, -0.2) is 32.6 Å². The number of amides is 2. The van der Waals surface area contributed by atoms with E-state index < -0.39 is 0 Å². The summed E-state index contributed by atoms with van der Waals surface area (Å²) in [4.78, 5) is 24.3. The molecule has 7 heteroatoms. The fourth-order valence-electron chi connectivity index (χ4n) is 2.60. The minimum Gasteiger partial charge on any atom is -0.497 e. The van der Waals surface area contributed by atoms with Crippen LogP contribution in [0.15, 0.2) is 42.5 Å². The number of halogens is 1. The van der Waals surface area contributed by atoms with E-state index >= 15 is 0 Å². The molecule has 2 amide bonds. The van der Waals surface area contributed by atoms with Crippen molar-refractivity contribution in [2.24, 2.45) is 0 Å². The number of nitrogens with one attached hydrogen (secondary N) is 2. The molecule has 0 aliphatic rings. The Morgan fingerprint density at radius 2 is 1.85 bits per heavy atom. The largest absolute Gasteiger partial charge is 0.497 e. The van der Waals surface area contributed by atoms with Crippen LogP contribution in [0.4, 0.5) is 0 Å². The van der Waals surface area contributed by atoms with Crippen molar-refractivity contribution in [3.63, 3.8) is 0 Å². The zero-order valence-electron chi connectivity index (χ0n) is 15.5. The number of methoxy groups -OCH3 is 2. The lowest BCUT2D eigenvalue weighted by Crippen LogP contribution is -2.32. The maximum atomic E-state index is 12.2. The van der Waals surface area contributed by atoms with Crippen LogP contribution >= 0.6 is 11.6 Å². The first kappa shape index (κ1) is 20.6. The number of hydrogen-bond acceptors (Lipinski definition) is 4. The second kappa shape index (κ2) is 9.83. The number of carbonyl (C=O) groups is 2. The van der Waals surface area contributed by atoms with E-state index in [4.69, 9.17) is 21.1 Å². The minimum atomic E-state index is -0.309. The molecule has 144 valence electrons. The van der Waals surface area contributed by atoms with Crippen LogP contribution < -0.4 is 20.1 Å². The van der Waals surface area contributed by atoms with Gasteiger partial charge in [0.15, 0.2) is 0 Å². The Labute approximate surface area is 163 Å². The van der Waals surface area contributed by atoms with Crippen molar-refractivity contribution in [2.45, 2.75) is 19.4 Å². The van der Waals surface area contributed by atoms with Gasteiger partial charge in [-0.2, -0.15) is 0 Å². The Morgan fingerprint density at radius 1 is 1.11 bits per heavy atom. The molecule has 2 aromatic rings. The minimum absolute atomic E-state index is 0.146. The van der Waals surface area contributed by atoms with Crippen molar-refractivity contribution >= 4 is 23.4 Å². The quantitative estimate of drug-likeness (QED) is 0.724. The maximum Gasteiger partial charge on any atom is 0.252 e. The third kappa shape index (κ3) is 5.62. The van der Waals surface area contributed by atoms with Crippen molar-refractivity contribution in [3.05, 3.63) is 58.6 Å². The highest BCUT2D eigenvalue weighted by atomic mass is 35.5. The molecule has 6 nitrogen and oxygen atoms in total. The van der Waals surface area contributed by atoms with E-state index in [1.807, 2.05) is 13.0 Å². The maximum absolute atomic E-state index is 12.2. The molecular formula is C20H23ClN2O4. The van der Waals surface area contributed by atoms with Crippen LogP contribution in [0.2, 0.25) is 5.02 Å². The first-order valence-corrected chi connectivity index (χ1v) is 8.88. The second-order valence-corrected chi connectivity index (χ2v) is 6.29. The molecule has 2 aromatic carbocycles. The second-order valence-electron chi connectivity index (χ2n) is 5.88. The molecule has 0 spiro atoms. The lowest BCUT2D eigenvalue weighted by atomic mass is 10.1. The van der Waals surface area contributed by atoms with Gasteiger partial charge in [-0.25, -0.2) is 0 Å². The van der Waals surface area contributed by atoms with Gasteiger partial charge in [0.1, 0.15) is 11.5 Å². The number of benzene rings is 2. The summed E-state index contributed by atoms with van der Waals surface area (Å²) in [7, 11) is 3.15. The Balaban J connectivity index is 1.88. The van der Waals surface area contributed by atoms with Gasteiger partial charge in [0.25, 0.3) is 5.91 Å². The van der Waals surface area contributed by atoms with Crippen molar-refractivity contribution < 1.29 is 19.1 Å². The van der Waals surface area contributed by atoms with Gasteiger partial charge < -0.3 is 20.1 Å². The molecule has 0 bridgehead atoms. The van der Waals surface area contributed by atoms with Crippen LogP contribution in [0.25, 0.3) is 0 Å². The zero-order chi connectivity index (χ0) is 19.8. The van der Waals surface area contributed by atoms with Crippen molar-refractivity contribution in [2.75, 3.05) is 20.8 Å². The van der Waals surface area contributed by atoms with E-state index in [0.717, 1.165) is 5.56 Å². The van der Waals surface area contributed by atoms with Crippen molar-refractivity contribution in [1.29, 1.82) is 0 Å². The highest BCUT2D eigenvalue weighted by Crippen LogP contribution is 2.29. The standard InChI is InChI=1S/C20H23ClN2O4/c1-13(16-12-14(26-2)8-9-18(16)27-3)23-19(24)10-11-22-20(25)15-6-4-5-7-17(15)21/h4-9,12-13H,10-11H2,1-3H3,(H,22,25)(H,23,24)/t13-/m0/s1. The summed E-state index contributed by atoms with van der Waals surface area (Å²) in [6.07, 6.45) is 0.146. The average Bonchev–Trinajstić information content (AvgIpc) is 2.67. The average molecular weight is 391 g/mol. The topological polar surface area (TPSA) is 76.7 Å². The normalized spacial score (nSPS) is 11.4. The molecule has 2 rings (SSSR count). The first-order chi connectivity index (χ1) is 13.0. The van der Waals surface area contributed by atoms with Crippen LogP contribution in [0.3, 0.4) is 0 Å². The Bertz CT molecular complexity index is 810. The van der Waals surface area contributed by atoms with E-state index in [1.54, 1.807) is 50.6 Å². The molecular weight excluding hydrogens is 368 g/mol. The lowest BCUT2D eigenvalue weighted by molar-refractivity contribution is -0.121. The van der Waals surface area contributed by atoms with E-state index in [0.29, 0.717) is 22.1 Å². The number of ether oxygens (including phenoxy) is 2. The fourth-order valence-corrected chi connectivity index (χ4v) is 2.82. The molecule has 0 unspecified atom stereocenters. The molecule has 0 saturated carbocycles. The zero-order valence-corrected chi connectivity index (χ0v) is 16.3. The van der Waals surface area contributed by atoms with E-state index in [9.17, 15) is 9.59 Å². The van der Waals surface area contributed by atoms with E-state index in [2.05, 4.69) is 10.6 Å². The summed E-state index contributed by atoms with van der Waals surface area (Å²) in [6, 6.07) is 11.9. The number of carbonyl (C=O) groups excluding carboxylic acids is 2. The summed E-state index contributed by atoms with van der Waals surface area (Å²) >= 11 is 5.99. The van der Waals surface area contributed by atoms with Gasteiger partial charge in [-0.05, 0) is 37.3 Å². The lowest BCUT2D eigenvalue weighted by Gasteiger charge is -2.18. The Hall–Kier alpha value is -2.73. The molecule has 0 radical (unpaired) electrons. The fraction of sp³-hybridized carbons (Fsp3) is 0.300. The third-order valence-electron chi connectivity index (χ3n) is 4.04. The molecule has 1 atom stereocenters. The van der Waals surface area contributed by atoms with Gasteiger partial charge >= 0.3 is 0 Å². The van der Waals surface area contributed by atoms with E-state index in [1.165, 1.54) is 0 Å². The van der Waals surface area contributed by atoms with Gasteiger partial charge in [-0.1, -0.05) is 23.7 Å². The Kier molecular flexibility index (Phi) is 7.49. The van der Waals surface area contributed by atoms with Crippen LogP contribution in [0.5, 0.6) is 11.5 Å². The molecule has 2 N–H and O–H groups in total. The summed E-state index contributed by atoms with van der Waals surface area (Å²) in [6.45, 7) is 2.06. The summed E-state index contributed by atoms with van der Waals surface area (Å²) in [5.41, 5.74) is 1.19. The number of rotatable bonds is 8. The van der Waals surface area contributed by atoms with Gasteiger partial charge in [0.05, 0.1) is 30.8 Å². The van der Waals surface area contributed by atoms with Gasteiger partial charge in [0, 0.05) is 18.5 Å². The molecule has 0 heterocycles. The smallest absolute Gasteiger partial charge is 0.252 e. The van der Waals surface area contributed by atoms with E-state index in [-0.39, 0.29) is 30.8 Å². The third-order valence-corrected chi connectivity index (χ3v) is 4.37. The van der Waals surface area contributed by atoms with Crippen LogP contribution in [0.1, 0.15) is 35.3 Å². The number of hydrogen-bond donors (Lipinski definition) is 2. The Morgan fingerprint density at radius 3 is 2.52 bits per heavy atom. The monoisotopic (exact) mass is 390 g/mol. The molecule has 0 fully saturated rings. The first-order valence-electron chi connectivity index (χ1n) is 8.50. The van der Waals surface area contributed by atoms with Gasteiger partial charge in [-0.15, -0.1) is 0 Å². The van der Waals surface area contributed by atoms with Crippen LogP contribution in [-0.2, 0) is 4.79 Å². The summed E-state index contributed by atoms with van der Waals surface area (Å²) in [5, 5.41) is 5.96. The molecule has 0 saturated heterocycles. The summed E-state index contributed by atoms with van der Waals surface area (Å²) in [5.74, 6) is 0.845. The van der Waals surface area contributed by atoms with Crippen LogP contribution in [0, 0.1) is 0 Å². The molecule has 27 heavy (non-hydrogen) atoms. The predicted molar refractivity (Wildman–Crippen MR) is 105 cm³/mol. The molecule has 0 aromatic heterocycles. The van der Waals surface area contributed by atoms with Crippen molar-refractivity contribution in [1.82, 2.24) is 10.6 Å².